The number of imidazole rings is 1. The zero-order valence-corrected chi connectivity index (χ0v) is 10.3. The SMILES string of the molecule is COCCNc1nccn1-c1ccccc1Cl. The van der Waals surface area contributed by atoms with Crippen LogP contribution in [0.2, 0.25) is 5.02 Å². The number of halogens is 1. The fourth-order valence-electron chi connectivity index (χ4n) is 1.54. The molecule has 0 spiro atoms. The Kier molecular flexibility index (Phi) is 4.01. The van der Waals surface area contributed by atoms with Gasteiger partial charge in [0.25, 0.3) is 0 Å². The highest BCUT2D eigenvalue weighted by Gasteiger charge is 2.06. The van der Waals surface area contributed by atoms with Gasteiger partial charge in [-0.25, -0.2) is 4.98 Å². The van der Waals surface area contributed by atoms with Crippen molar-refractivity contribution in [3.05, 3.63) is 41.7 Å². The molecule has 1 heterocycles. The molecule has 0 fully saturated rings. The number of ether oxygens (including phenoxy) is 1. The molecule has 0 amide bonds. The molecule has 90 valence electrons. The predicted molar refractivity (Wildman–Crippen MR) is 68.9 cm³/mol. The maximum absolute atomic E-state index is 6.15. The van der Waals surface area contributed by atoms with Gasteiger partial charge in [-0.05, 0) is 12.1 Å². The normalized spacial score (nSPS) is 10.5. The van der Waals surface area contributed by atoms with Crippen LogP contribution < -0.4 is 5.32 Å². The second-order valence-electron chi connectivity index (χ2n) is 3.49. The summed E-state index contributed by atoms with van der Waals surface area (Å²) in [6, 6.07) is 7.66. The molecule has 0 radical (unpaired) electrons. The summed E-state index contributed by atoms with van der Waals surface area (Å²) in [6.45, 7) is 1.34. The monoisotopic (exact) mass is 251 g/mol. The van der Waals surface area contributed by atoms with Crippen LogP contribution in [0.5, 0.6) is 0 Å². The summed E-state index contributed by atoms with van der Waals surface area (Å²) in [5.41, 5.74) is 0.909. The first kappa shape index (κ1) is 12.0. The molecule has 0 aliphatic carbocycles. The maximum Gasteiger partial charge on any atom is 0.207 e. The van der Waals surface area contributed by atoms with Crippen molar-refractivity contribution >= 4 is 17.5 Å². The number of hydrogen-bond acceptors (Lipinski definition) is 3. The molecule has 0 unspecified atom stereocenters. The summed E-state index contributed by atoms with van der Waals surface area (Å²) < 4.78 is 6.90. The number of hydrogen-bond donors (Lipinski definition) is 1. The van der Waals surface area contributed by atoms with Crippen molar-refractivity contribution in [3.8, 4) is 5.69 Å². The van der Waals surface area contributed by atoms with Gasteiger partial charge in [0, 0.05) is 26.0 Å². The van der Waals surface area contributed by atoms with Gasteiger partial charge < -0.3 is 10.1 Å². The summed E-state index contributed by atoms with van der Waals surface area (Å²) in [5.74, 6) is 0.759. The molecule has 0 atom stereocenters. The van der Waals surface area contributed by atoms with Gasteiger partial charge in [-0.1, -0.05) is 23.7 Å². The molecule has 1 aromatic heterocycles. The van der Waals surface area contributed by atoms with Crippen LogP contribution in [0.3, 0.4) is 0 Å². The molecule has 0 aliphatic rings. The predicted octanol–water partition coefficient (Wildman–Crippen LogP) is 2.58. The number of benzene rings is 1. The van der Waals surface area contributed by atoms with E-state index in [-0.39, 0.29) is 0 Å². The minimum Gasteiger partial charge on any atom is -0.383 e. The summed E-state index contributed by atoms with van der Waals surface area (Å²) >= 11 is 6.15. The van der Waals surface area contributed by atoms with Crippen molar-refractivity contribution in [2.45, 2.75) is 0 Å². The van der Waals surface area contributed by atoms with Crippen molar-refractivity contribution in [2.75, 3.05) is 25.6 Å². The summed E-state index contributed by atoms with van der Waals surface area (Å²) in [6.07, 6.45) is 3.61. The Morgan fingerprint density at radius 1 is 1.41 bits per heavy atom. The third-order valence-electron chi connectivity index (χ3n) is 2.34. The fraction of sp³-hybridized carbons (Fsp3) is 0.250. The van der Waals surface area contributed by atoms with E-state index in [9.17, 15) is 0 Å². The van der Waals surface area contributed by atoms with Crippen LogP contribution in [0.25, 0.3) is 5.69 Å². The number of anilines is 1. The van der Waals surface area contributed by atoms with Crippen LogP contribution in [0, 0.1) is 0 Å². The molecule has 5 heteroatoms. The van der Waals surface area contributed by atoms with Gasteiger partial charge in [-0.15, -0.1) is 0 Å². The standard InChI is InChI=1S/C12H14ClN3O/c1-17-9-7-15-12-14-6-8-16(12)11-5-3-2-4-10(11)13/h2-6,8H,7,9H2,1H3,(H,14,15). The lowest BCUT2D eigenvalue weighted by molar-refractivity contribution is 0.210. The molecule has 0 saturated carbocycles. The Hall–Kier alpha value is -1.52. The highest BCUT2D eigenvalue weighted by molar-refractivity contribution is 6.32. The van der Waals surface area contributed by atoms with Gasteiger partial charge >= 0.3 is 0 Å². The van der Waals surface area contributed by atoms with E-state index in [1.165, 1.54) is 0 Å². The Bertz CT molecular complexity index is 484. The van der Waals surface area contributed by atoms with Gasteiger partial charge in [-0.2, -0.15) is 0 Å². The lowest BCUT2D eigenvalue weighted by Crippen LogP contribution is -2.11. The van der Waals surface area contributed by atoms with E-state index in [0.717, 1.165) is 11.6 Å². The lowest BCUT2D eigenvalue weighted by Gasteiger charge is -2.10. The Labute approximate surface area is 105 Å². The van der Waals surface area contributed by atoms with Crippen LogP contribution in [0.1, 0.15) is 0 Å². The van der Waals surface area contributed by atoms with Crippen LogP contribution in [0.4, 0.5) is 5.95 Å². The third kappa shape index (κ3) is 2.78. The molecule has 0 saturated heterocycles. The quantitative estimate of drug-likeness (QED) is 0.831. The van der Waals surface area contributed by atoms with E-state index in [4.69, 9.17) is 16.3 Å². The van der Waals surface area contributed by atoms with Crippen molar-refractivity contribution in [3.63, 3.8) is 0 Å². The number of aromatic nitrogens is 2. The van der Waals surface area contributed by atoms with Gasteiger partial charge in [0.15, 0.2) is 0 Å². The largest absolute Gasteiger partial charge is 0.383 e. The maximum atomic E-state index is 6.15. The van der Waals surface area contributed by atoms with Crippen molar-refractivity contribution in [1.82, 2.24) is 9.55 Å². The summed E-state index contributed by atoms with van der Waals surface area (Å²) in [5, 5.41) is 3.88. The highest BCUT2D eigenvalue weighted by atomic mass is 35.5. The molecule has 4 nitrogen and oxygen atoms in total. The number of methoxy groups -OCH3 is 1. The van der Waals surface area contributed by atoms with E-state index >= 15 is 0 Å². The van der Waals surface area contributed by atoms with E-state index in [0.29, 0.717) is 18.2 Å². The number of nitrogens with one attached hydrogen (secondary N) is 1. The van der Waals surface area contributed by atoms with E-state index in [1.54, 1.807) is 13.3 Å². The minimum absolute atomic E-state index is 0.634. The molecule has 0 bridgehead atoms. The fourth-order valence-corrected chi connectivity index (χ4v) is 1.77. The molecule has 2 rings (SSSR count). The van der Waals surface area contributed by atoms with Crippen LogP contribution in [-0.2, 0) is 4.74 Å². The minimum atomic E-state index is 0.634. The Morgan fingerprint density at radius 3 is 3.00 bits per heavy atom. The average Bonchev–Trinajstić information content (AvgIpc) is 2.78. The molecule has 17 heavy (non-hydrogen) atoms. The smallest absolute Gasteiger partial charge is 0.207 e. The first-order chi connectivity index (χ1) is 8.33. The number of para-hydroxylation sites is 1. The van der Waals surface area contributed by atoms with E-state index < -0.39 is 0 Å². The first-order valence-electron chi connectivity index (χ1n) is 5.34. The second kappa shape index (κ2) is 5.70. The van der Waals surface area contributed by atoms with Crippen molar-refractivity contribution < 1.29 is 4.74 Å². The topological polar surface area (TPSA) is 39.1 Å². The third-order valence-corrected chi connectivity index (χ3v) is 2.66. The molecular formula is C12H14ClN3O. The zero-order chi connectivity index (χ0) is 12.1. The van der Waals surface area contributed by atoms with Gasteiger partial charge in [0.05, 0.1) is 17.3 Å². The number of nitrogens with zero attached hydrogens (tertiary/aromatic N) is 2. The Balaban J connectivity index is 2.22. The second-order valence-corrected chi connectivity index (χ2v) is 3.90. The first-order valence-corrected chi connectivity index (χ1v) is 5.72. The average molecular weight is 252 g/mol. The molecule has 0 aliphatic heterocycles. The van der Waals surface area contributed by atoms with Crippen molar-refractivity contribution in [2.24, 2.45) is 0 Å². The highest BCUT2D eigenvalue weighted by Crippen LogP contribution is 2.22. The van der Waals surface area contributed by atoms with Crippen molar-refractivity contribution in [1.29, 1.82) is 0 Å². The van der Waals surface area contributed by atoms with E-state index in [2.05, 4.69) is 10.3 Å². The van der Waals surface area contributed by atoms with Gasteiger partial charge in [0.2, 0.25) is 5.95 Å². The van der Waals surface area contributed by atoms with Gasteiger partial charge in [-0.3, -0.25) is 4.57 Å². The molecular weight excluding hydrogens is 238 g/mol. The van der Waals surface area contributed by atoms with Crippen LogP contribution in [-0.4, -0.2) is 29.8 Å². The van der Waals surface area contributed by atoms with Crippen LogP contribution >= 0.6 is 11.6 Å². The number of rotatable bonds is 5. The Morgan fingerprint density at radius 2 is 2.24 bits per heavy atom. The summed E-state index contributed by atoms with van der Waals surface area (Å²) in [4.78, 5) is 4.24. The summed E-state index contributed by atoms with van der Waals surface area (Å²) in [7, 11) is 1.67. The van der Waals surface area contributed by atoms with Crippen LogP contribution in [0.15, 0.2) is 36.7 Å². The van der Waals surface area contributed by atoms with Gasteiger partial charge in [0.1, 0.15) is 0 Å². The molecule has 1 N–H and O–H groups in total. The zero-order valence-electron chi connectivity index (χ0n) is 9.56. The molecule has 2 aromatic rings. The lowest BCUT2D eigenvalue weighted by atomic mass is 10.3. The van der Waals surface area contributed by atoms with E-state index in [1.807, 2.05) is 35.0 Å². The molecule has 1 aromatic carbocycles.